The van der Waals surface area contributed by atoms with Crippen LogP contribution in [-0.4, -0.2) is 45.2 Å². The number of amides is 1. The molecule has 1 N–H and O–H groups in total. The third-order valence-electron chi connectivity index (χ3n) is 4.25. The van der Waals surface area contributed by atoms with Gasteiger partial charge < -0.3 is 24.3 Å². The number of benzene rings is 2. The fourth-order valence-corrected chi connectivity index (χ4v) is 3.29. The van der Waals surface area contributed by atoms with Crippen molar-refractivity contribution >= 4 is 46.3 Å². The second-order valence-electron chi connectivity index (χ2n) is 6.50. The SMILES string of the molecule is CCOc1cc(Cl)c(N=NC(C(C)=O)C(=O)Nc2ccc(Cl)c(OC)c2OC)c(OCC)c1. The summed E-state index contributed by atoms with van der Waals surface area (Å²) in [7, 11) is 2.81. The van der Waals surface area contributed by atoms with Crippen molar-refractivity contribution in [1.29, 1.82) is 0 Å². The quantitative estimate of drug-likeness (QED) is 0.324. The van der Waals surface area contributed by atoms with E-state index in [-0.39, 0.29) is 27.9 Å². The van der Waals surface area contributed by atoms with Crippen molar-refractivity contribution in [2.45, 2.75) is 26.8 Å². The third-order valence-corrected chi connectivity index (χ3v) is 4.84. The largest absolute Gasteiger partial charge is 0.494 e. The van der Waals surface area contributed by atoms with Crippen molar-refractivity contribution < 1.29 is 28.5 Å². The fourth-order valence-electron chi connectivity index (χ4n) is 2.83. The average molecular weight is 498 g/mol. The van der Waals surface area contributed by atoms with Crippen LogP contribution in [0.5, 0.6) is 23.0 Å². The van der Waals surface area contributed by atoms with E-state index in [4.69, 9.17) is 42.1 Å². The second kappa shape index (κ2) is 12.3. The first-order valence-electron chi connectivity index (χ1n) is 9.99. The van der Waals surface area contributed by atoms with Gasteiger partial charge in [-0.1, -0.05) is 23.2 Å². The van der Waals surface area contributed by atoms with Gasteiger partial charge >= 0.3 is 0 Å². The van der Waals surface area contributed by atoms with E-state index in [0.717, 1.165) is 0 Å². The zero-order valence-corrected chi connectivity index (χ0v) is 20.4. The maximum Gasteiger partial charge on any atom is 0.258 e. The molecule has 1 amide bonds. The number of halogens is 2. The van der Waals surface area contributed by atoms with E-state index in [1.807, 2.05) is 6.92 Å². The van der Waals surface area contributed by atoms with Crippen LogP contribution in [0.2, 0.25) is 10.0 Å². The lowest BCUT2D eigenvalue weighted by Crippen LogP contribution is -2.32. The molecule has 11 heteroatoms. The number of ether oxygens (including phenoxy) is 4. The molecule has 0 aromatic heterocycles. The van der Waals surface area contributed by atoms with E-state index < -0.39 is 17.7 Å². The number of anilines is 1. The zero-order valence-electron chi connectivity index (χ0n) is 18.9. The molecule has 9 nitrogen and oxygen atoms in total. The van der Waals surface area contributed by atoms with Gasteiger partial charge in [-0.3, -0.25) is 9.59 Å². The molecule has 0 radical (unpaired) electrons. The first-order valence-corrected chi connectivity index (χ1v) is 10.7. The third kappa shape index (κ3) is 6.49. The molecule has 33 heavy (non-hydrogen) atoms. The molecule has 2 rings (SSSR count). The maximum atomic E-state index is 12.9. The van der Waals surface area contributed by atoms with Gasteiger partial charge in [-0.15, -0.1) is 5.11 Å². The van der Waals surface area contributed by atoms with Crippen molar-refractivity contribution in [3.8, 4) is 23.0 Å². The molecule has 1 unspecified atom stereocenters. The van der Waals surface area contributed by atoms with Gasteiger partial charge in [0.15, 0.2) is 23.0 Å². The van der Waals surface area contributed by atoms with Gasteiger partial charge in [0.25, 0.3) is 5.91 Å². The van der Waals surface area contributed by atoms with Crippen LogP contribution in [0.25, 0.3) is 0 Å². The summed E-state index contributed by atoms with van der Waals surface area (Å²) in [6, 6.07) is 4.76. The highest BCUT2D eigenvalue weighted by molar-refractivity contribution is 6.33. The smallest absolute Gasteiger partial charge is 0.258 e. The molecule has 2 aromatic carbocycles. The molecule has 0 saturated carbocycles. The van der Waals surface area contributed by atoms with Crippen LogP contribution in [0.15, 0.2) is 34.5 Å². The van der Waals surface area contributed by atoms with Gasteiger partial charge in [-0.25, -0.2) is 0 Å². The molecule has 0 bridgehead atoms. The van der Waals surface area contributed by atoms with Crippen LogP contribution < -0.4 is 24.3 Å². The van der Waals surface area contributed by atoms with E-state index >= 15 is 0 Å². The molecule has 0 spiro atoms. The van der Waals surface area contributed by atoms with Crippen LogP contribution in [-0.2, 0) is 9.59 Å². The molecule has 0 aliphatic rings. The Balaban J connectivity index is 2.37. The van der Waals surface area contributed by atoms with Gasteiger partial charge in [0, 0.05) is 12.1 Å². The average Bonchev–Trinajstić information content (AvgIpc) is 2.76. The summed E-state index contributed by atoms with van der Waals surface area (Å²) in [4.78, 5) is 25.1. The Morgan fingerprint density at radius 2 is 1.67 bits per heavy atom. The highest BCUT2D eigenvalue weighted by Crippen LogP contribution is 2.41. The number of nitrogens with zero attached hydrogens (tertiary/aromatic N) is 2. The fraction of sp³-hybridized carbons (Fsp3) is 0.364. The number of hydrogen-bond donors (Lipinski definition) is 1. The molecular weight excluding hydrogens is 473 g/mol. The summed E-state index contributed by atoms with van der Waals surface area (Å²) in [5, 5.41) is 11.1. The predicted molar refractivity (Wildman–Crippen MR) is 126 cm³/mol. The van der Waals surface area contributed by atoms with Crippen LogP contribution in [0.1, 0.15) is 20.8 Å². The summed E-state index contributed by atoms with van der Waals surface area (Å²) in [6.07, 6.45) is 0. The molecule has 0 heterocycles. The van der Waals surface area contributed by atoms with Crippen LogP contribution in [0.4, 0.5) is 11.4 Å². The minimum absolute atomic E-state index is 0.173. The Labute approximate surface area is 202 Å². The number of rotatable bonds is 11. The van der Waals surface area contributed by atoms with E-state index in [9.17, 15) is 9.59 Å². The highest BCUT2D eigenvalue weighted by atomic mass is 35.5. The normalized spacial score (nSPS) is 11.7. The molecule has 0 aliphatic carbocycles. The van der Waals surface area contributed by atoms with E-state index in [2.05, 4.69) is 15.5 Å². The summed E-state index contributed by atoms with van der Waals surface area (Å²) < 4.78 is 21.6. The van der Waals surface area contributed by atoms with E-state index in [1.54, 1.807) is 19.1 Å². The zero-order chi connectivity index (χ0) is 24.5. The lowest BCUT2D eigenvalue weighted by molar-refractivity contribution is -0.126. The molecular formula is C22H25Cl2N3O6. The van der Waals surface area contributed by atoms with Gasteiger partial charge in [0.05, 0.1) is 43.2 Å². The Morgan fingerprint density at radius 3 is 2.24 bits per heavy atom. The number of hydrogen-bond acceptors (Lipinski definition) is 8. The highest BCUT2D eigenvalue weighted by Gasteiger charge is 2.26. The Bertz CT molecular complexity index is 1050. The number of nitrogens with one attached hydrogen (secondary N) is 1. The Morgan fingerprint density at radius 1 is 1.00 bits per heavy atom. The standard InChI is InChI=1S/C22H25Cl2N3O6/c1-6-32-13-10-15(24)19(17(11-13)33-7-2)27-26-18(12(3)28)22(29)25-16-9-8-14(23)20(30-4)21(16)31-5/h8-11,18H,6-7H2,1-5H3,(H,25,29). The number of methoxy groups -OCH3 is 2. The lowest BCUT2D eigenvalue weighted by Gasteiger charge is -2.16. The molecule has 0 saturated heterocycles. The van der Waals surface area contributed by atoms with E-state index in [1.165, 1.54) is 33.3 Å². The van der Waals surface area contributed by atoms with Gasteiger partial charge in [-0.2, -0.15) is 5.11 Å². The summed E-state index contributed by atoms with van der Waals surface area (Å²) in [5.74, 6) is -0.0186. The molecule has 178 valence electrons. The van der Waals surface area contributed by atoms with Crippen LogP contribution in [0.3, 0.4) is 0 Å². The van der Waals surface area contributed by atoms with Crippen LogP contribution in [0, 0.1) is 0 Å². The van der Waals surface area contributed by atoms with Crippen molar-refractivity contribution in [3.05, 3.63) is 34.3 Å². The molecule has 0 fully saturated rings. The number of ketones is 1. The first kappa shape index (κ1) is 26.2. The molecule has 0 aliphatic heterocycles. The Kier molecular flexibility index (Phi) is 9.74. The van der Waals surface area contributed by atoms with Crippen LogP contribution >= 0.6 is 23.2 Å². The van der Waals surface area contributed by atoms with Crippen molar-refractivity contribution in [2.75, 3.05) is 32.8 Å². The van der Waals surface area contributed by atoms with Gasteiger partial charge in [0.2, 0.25) is 6.04 Å². The molecule has 1 atom stereocenters. The van der Waals surface area contributed by atoms with Gasteiger partial charge in [-0.05, 0) is 32.9 Å². The van der Waals surface area contributed by atoms with E-state index in [0.29, 0.717) is 29.7 Å². The lowest BCUT2D eigenvalue weighted by atomic mass is 10.2. The topological polar surface area (TPSA) is 108 Å². The summed E-state index contributed by atoms with van der Waals surface area (Å²) in [5.41, 5.74) is 0.422. The molecule has 2 aromatic rings. The number of carbonyl (C=O) groups excluding carboxylic acids is 2. The number of carbonyl (C=O) groups is 2. The maximum absolute atomic E-state index is 12.9. The summed E-state index contributed by atoms with van der Waals surface area (Å²) >= 11 is 12.4. The minimum atomic E-state index is -1.45. The van der Waals surface area contributed by atoms with Gasteiger partial charge in [0.1, 0.15) is 11.4 Å². The van der Waals surface area contributed by atoms with Crippen molar-refractivity contribution in [2.24, 2.45) is 10.2 Å². The second-order valence-corrected chi connectivity index (χ2v) is 7.31. The first-order chi connectivity index (χ1) is 15.8. The number of azo groups is 1. The monoisotopic (exact) mass is 497 g/mol. The van der Waals surface area contributed by atoms with Crippen molar-refractivity contribution in [1.82, 2.24) is 0 Å². The predicted octanol–water partition coefficient (Wildman–Crippen LogP) is 5.49. The minimum Gasteiger partial charge on any atom is -0.494 e. The Hall–Kier alpha value is -3.04. The number of Topliss-reactive ketones (excluding diaryl/α,β-unsaturated/α-hetero) is 1. The summed E-state index contributed by atoms with van der Waals surface area (Å²) in [6.45, 7) is 5.63. The van der Waals surface area contributed by atoms with Crippen molar-refractivity contribution in [3.63, 3.8) is 0 Å².